The molecule has 1 unspecified atom stereocenters. The van der Waals surface area contributed by atoms with E-state index in [1.54, 1.807) is 0 Å². The van der Waals surface area contributed by atoms with E-state index in [1.165, 1.54) is 11.1 Å². The molecule has 1 aromatic carbocycles. The van der Waals surface area contributed by atoms with Gasteiger partial charge in [0.1, 0.15) is 6.61 Å². The molecule has 22 heavy (non-hydrogen) atoms. The molecule has 1 spiro atoms. The van der Waals surface area contributed by atoms with Crippen molar-refractivity contribution >= 4 is 5.91 Å². The number of aryl methyl sites for hydroxylation is 1. The number of carbonyl (C=O) groups is 1. The Bertz CT molecular complexity index is 636. The lowest BCUT2D eigenvalue weighted by atomic mass is 9.95. The number of hydrogen-bond donors (Lipinski definition) is 0. The lowest BCUT2D eigenvalue weighted by Crippen LogP contribution is -2.38. The molecular weight excluding hydrogens is 274 g/mol. The third-order valence-electron chi connectivity index (χ3n) is 4.43. The monoisotopic (exact) mass is 297 g/mol. The number of allylic oxidation sites excluding steroid dienone is 1. The quantitative estimate of drug-likeness (QED) is 0.779. The molecule has 1 aliphatic carbocycles. The van der Waals surface area contributed by atoms with Crippen molar-refractivity contribution in [3.8, 4) is 0 Å². The predicted octanol–water partition coefficient (Wildman–Crippen LogP) is 3.74. The first-order valence-electron chi connectivity index (χ1n) is 8.12. The normalized spacial score (nSPS) is 25.2. The van der Waals surface area contributed by atoms with Gasteiger partial charge in [-0.15, -0.1) is 0 Å². The Morgan fingerprint density at radius 3 is 2.55 bits per heavy atom. The van der Waals surface area contributed by atoms with E-state index in [1.807, 2.05) is 24.8 Å². The highest BCUT2D eigenvalue weighted by atomic mass is 16.6. The van der Waals surface area contributed by atoms with Crippen molar-refractivity contribution in [3.63, 3.8) is 0 Å². The summed E-state index contributed by atoms with van der Waals surface area (Å²) >= 11 is 0. The van der Waals surface area contributed by atoms with Crippen molar-refractivity contribution < 1.29 is 9.53 Å². The molecule has 3 aliphatic rings. The molecule has 2 aliphatic heterocycles. The van der Waals surface area contributed by atoms with Gasteiger partial charge >= 0.3 is 0 Å². The Hall–Kier alpha value is -1.87. The molecule has 1 aromatic rings. The summed E-state index contributed by atoms with van der Waals surface area (Å²) in [6.07, 6.45) is 6.01. The first kappa shape index (κ1) is 15.0. The number of fused-ring (bicyclic) bond motifs is 1. The van der Waals surface area contributed by atoms with Gasteiger partial charge in [-0.1, -0.05) is 55.8 Å². The van der Waals surface area contributed by atoms with E-state index in [4.69, 9.17) is 4.74 Å². The van der Waals surface area contributed by atoms with Crippen molar-refractivity contribution in [1.29, 1.82) is 0 Å². The van der Waals surface area contributed by atoms with E-state index in [0.717, 1.165) is 24.0 Å². The van der Waals surface area contributed by atoms with Gasteiger partial charge in [0.2, 0.25) is 0 Å². The number of benzene rings is 1. The molecule has 116 valence electrons. The molecule has 0 saturated carbocycles. The third kappa shape index (κ3) is 2.30. The number of amides is 1. The summed E-state index contributed by atoms with van der Waals surface area (Å²) in [4.78, 5) is 14.5. The Labute approximate surface area is 132 Å². The zero-order valence-electron chi connectivity index (χ0n) is 13.6. The molecule has 0 N–H and O–H groups in total. The maximum atomic E-state index is 12.6. The minimum Gasteiger partial charge on any atom is -0.344 e. The number of carbonyl (C=O) groups excluding carboxylic acids is 1. The minimum absolute atomic E-state index is 0.119. The van der Waals surface area contributed by atoms with Crippen molar-refractivity contribution in [3.05, 3.63) is 58.7 Å². The second-order valence-electron chi connectivity index (χ2n) is 5.78. The zero-order valence-corrected chi connectivity index (χ0v) is 13.6. The van der Waals surface area contributed by atoms with E-state index in [2.05, 4.69) is 37.3 Å². The number of rotatable bonds is 2. The molecule has 1 atom stereocenters. The molecule has 1 fully saturated rings. The van der Waals surface area contributed by atoms with Crippen LogP contribution < -0.4 is 0 Å². The van der Waals surface area contributed by atoms with Crippen molar-refractivity contribution in [2.75, 3.05) is 6.61 Å². The van der Waals surface area contributed by atoms with Gasteiger partial charge in [0.15, 0.2) is 5.72 Å². The lowest BCUT2D eigenvalue weighted by molar-refractivity contribution is -0.130. The molecule has 4 rings (SSSR count). The molecule has 2 heterocycles. The topological polar surface area (TPSA) is 32.8 Å². The largest absolute Gasteiger partial charge is 0.344 e. The van der Waals surface area contributed by atoms with Gasteiger partial charge in [-0.05, 0) is 30.9 Å². The summed E-state index contributed by atoms with van der Waals surface area (Å²) in [5.74, 6) is 0.119. The van der Waals surface area contributed by atoms with Crippen LogP contribution in [0.25, 0.3) is 0 Å². The number of nitrogens with zero attached hydrogens (tertiary/aromatic N) is 1. The molecule has 3 nitrogen and oxygen atoms in total. The van der Waals surface area contributed by atoms with Crippen LogP contribution in [-0.2, 0) is 16.1 Å². The van der Waals surface area contributed by atoms with E-state index < -0.39 is 5.72 Å². The molecule has 0 bridgehead atoms. The van der Waals surface area contributed by atoms with Crippen LogP contribution in [0.15, 0.2) is 47.6 Å². The SMILES string of the molecule is CC.Cc1ccc(CN2C(=O)C3=C(CCC=C3)C23CO3)cc1. The van der Waals surface area contributed by atoms with E-state index in [0.29, 0.717) is 13.2 Å². The molecule has 3 heteroatoms. The van der Waals surface area contributed by atoms with Crippen LogP contribution in [0.2, 0.25) is 0 Å². The highest BCUT2D eigenvalue weighted by Gasteiger charge is 2.60. The van der Waals surface area contributed by atoms with Gasteiger partial charge in [-0.25, -0.2) is 0 Å². The van der Waals surface area contributed by atoms with Crippen molar-refractivity contribution in [2.24, 2.45) is 0 Å². The number of hydrogen-bond acceptors (Lipinski definition) is 2. The Kier molecular flexibility index (Phi) is 3.92. The van der Waals surface area contributed by atoms with Gasteiger partial charge in [-0.3, -0.25) is 4.79 Å². The van der Waals surface area contributed by atoms with E-state index >= 15 is 0 Å². The van der Waals surface area contributed by atoms with Crippen LogP contribution in [0, 0.1) is 6.92 Å². The average Bonchev–Trinajstić information content (AvgIpc) is 3.33. The van der Waals surface area contributed by atoms with Gasteiger partial charge in [-0.2, -0.15) is 0 Å². The standard InChI is InChI=1S/C17H17NO2.C2H6/c1-12-6-8-13(9-7-12)10-18-16(19)14-4-2-3-5-15(14)17(18)11-20-17;1-2/h2,4,6-9H,3,5,10-11H2,1H3;1-2H3. The predicted molar refractivity (Wildman–Crippen MR) is 87.2 cm³/mol. The summed E-state index contributed by atoms with van der Waals surface area (Å²) in [5, 5.41) is 0. The van der Waals surface area contributed by atoms with Crippen LogP contribution >= 0.6 is 0 Å². The maximum Gasteiger partial charge on any atom is 0.256 e. The van der Waals surface area contributed by atoms with Crippen molar-refractivity contribution in [2.45, 2.75) is 45.9 Å². The fraction of sp³-hybridized carbons (Fsp3) is 0.421. The zero-order chi connectivity index (χ0) is 15.7. The van der Waals surface area contributed by atoms with E-state index in [-0.39, 0.29) is 5.91 Å². The van der Waals surface area contributed by atoms with Crippen LogP contribution in [0.4, 0.5) is 0 Å². The number of ether oxygens (including phenoxy) is 1. The highest BCUT2D eigenvalue weighted by molar-refractivity contribution is 6.01. The van der Waals surface area contributed by atoms with Gasteiger partial charge in [0, 0.05) is 12.1 Å². The molecule has 1 saturated heterocycles. The second kappa shape index (κ2) is 5.73. The maximum absolute atomic E-state index is 12.6. The Morgan fingerprint density at radius 1 is 1.23 bits per heavy atom. The third-order valence-corrected chi connectivity index (χ3v) is 4.43. The van der Waals surface area contributed by atoms with Crippen LogP contribution in [0.3, 0.4) is 0 Å². The summed E-state index contributed by atoms with van der Waals surface area (Å²) in [5.41, 5.74) is 4.03. The van der Waals surface area contributed by atoms with Crippen molar-refractivity contribution in [1.82, 2.24) is 4.90 Å². The van der Waals surface area contributed by atoms with Crippen LogP contribution in [-0.4, -0.2) is 23.1 Å². The highest BCUT2D eigenvalue weighted by Crippen LogP contribution is 2.50. The summed E-state index contributed by atoms with van der Waals surface area (Å²) in [7, 11) is 0. The van der Waals surface area contributed by atoms with Gasteiger partial charge in [0.05, 0.1) is 0 Å². The summed E-state index contributed by atoms with van der Waals surface area (Å²) in [6, 6.07) is 8.35. The van der Waals surface area contributed by atoms with Gasteiger partial charge in [0.25, 0.3) is 5.91 Å². The second-order valence-corrected chi connectivity index (χ2v) is 5.78. The fourth-order valence-corrected chi connectivity index (χ4v) is 3.22. The van der Waals surface area contributed by atoms with E-state index in [9.17, 15) is 4.79 Å². The van der Waals surface area contributed by atoms with Gasteiger partial charge < -0.3 is 9.64 Å². The summed E-state index contributed by atoms with van der Waals surface area (Å²) in [6.45, 7) is 7.35. The fourth-order valence-electron chi connectivity index (χ4n) is 3.22. The molecule has 0 radical (unpaired) electrons. The summed E-state index contributed by atoms with van der Waals surface area (Å²) < 4.78 is 5.72. The molecule has 0 aromatic heterocycles. The molecular formula is C19H23NO2. The lowest BCUT2D eigenvalue weighted by Gasteiger charge is -2.24. The Balaban J connectivity index is 0.000000693. The molecule has 1 amide bonds. The minimum atomic E-state index is -0.415. The van der Waals surface area contributed by atoms with Crippen LogP contribution in [0.1, 0.15) is 37.8 Å². The smallest absolute Gasteiger partial charge is 0.256 e. The average molecular weight is 297 g/mol. The Morgan fingerprint density at radius 2 is 1.91 bits per heavy atom. The first-order valence-corrected chi connectivity index (χ1v) is 8.12. The first-order chi connectivity index (χ1) is 10.7. The number of epoxide rings is 1. The van der Waals surface area contributed by atoms with Crippen LogP contribution in [0.5, 0.6) is 0 Å².